The van der Waals surface area contributed by atoms with Gasteiger partial charge in [0, 0.05) is 0 Å². The third kappa shape index (κ3) is 3.00. The molecule has 18 heavy (non-hydrogen) atoms. The monoisotopic (exact) mass is 257 g/mol. The minimum absolute atomic E-state index is 0.00516. The average molecular weight is 257 g/mol. The number of alkyl halides is 3. The lowest BCUT2D eigenvalue weighted by Gasteiger charge is -2.15. The minimum atomic E-state index is -4.61. The molecular formula is C12H10F3NO2. The number of nitrogens with zero attached hydrogens (tertiary/aromatic N) is 1. The number of carbonyl (C=O) groups excluding carboxylic acids is 1. The summed E-state index contributed by atoms with van der Waals surface area (Å²) in [6, 6.07) is 6.02. The summed E-state index contributed by atoms with van der Waals surface area (Å²) in [7, 11) is 0. The van der Waals surface area contributed by atoms with Crippen molar-refractivity contribution in [1.29, 1.82) is 5.26 Å². The lowest BCUT2D eigenvalue weighted by Crippen LogP contribution is -2.19. The first-order valence-electron chi connectivity index (χ1n) is 5.14. The molecule has 0 spiro atoms. The highest BCUT2D eigenvalue weighted by Gasteiger charge is 2.37. The Morgan fingerprint density at radius 3 is 2.56 bits per heavy atom. The van der Waals surface area contributed by atoms with E-state index in [9.17, 15) is 18.0 Å². The van der Waals surface area contributed by atoms with Crippen LogP contribution in [0.1, 0.15) is 24.0 Å². The van der Waals surface area contributed by atoms with E-state index in [1.54, 1.807) is 6.07 Å². The Bertz CT molecular complexity index is 477. The molecule has 0 unspecified atom stereocenters. The molecule has 0 aromatic heterocycles. The van der Waals surface area contributed by atoms with Crippen LogP contribution in [0.4, 0.5) is 13.2 Å². The molecule has 0 N–H and O–H groups in total. The molecule has 0 aliphatic carbocycles. The van der Waals surface area contributed by atoms with E-state index in [4.69, 9.17) is 5.26 Å². The topological polar surface area (TPSA) is 50.1 Å². The van der Waals surface area contributed by atoms with Crippen LogP contribution in [0.25, 0.3) is 0 Å². The maximum absolute atomic E-state index is 12.7. The molecule has 0 bridgehead atoms. The van der Waals surface area contributed by atoms with Crippen molar-refractivity contribution >= 4 is 5.97 Å². The number of carbonyl (C=O) groups is 1. The highest BCUT2D eigenvalue weighted by Crippen LogP contribution is 2.35. The van der Waals surface area contributed by atoms with Crippen LogP contribution in [0.15, 0.2) is 24.3 Å². The Morgan fingerprint density at radius 2 is 2.06 bits per heavy atom. The van der Waals surface area contributed by atoms with Gasteiger partial charge in [-0.05, 0) is 18.6 Å². The van der Waals surface area contributed by atoms with Crippen LogP contribution in [0.3, 0.4) is 0 Å². The van der Waals surface area contributed by atoms with E-state index in [-0.39, 0.29) is 12.2 Å². The summed E-state index contributed by atoms with van der Waals surface area (Å²) in [4.78, 5) is 11.4. The van der Waals surface area contributed by atoms with Crippen molar-refractivity contribution in [2.75, 3.05) is 6.61 Å². The van der Waals surface area contributed by atoms with Gasteiger partial charge in [-0.25, -0.2) is 0 Å². The molecule has 0 aliphatic heterocycles. The van der Waals surface area contributed by atoms with E-state index < -0.39 is 23.6 Å². The molecule has 0 radical (unpaired) electrons. The molecule has 0 amide bonds. The van der Waals surface area contributed by atoms with Crippen LogP contribution >= 0.6 is 0 Å². The summed E-state index contributed by atoms with van der Waals surface area (Å²) >= 11 is 0. The highest BCUT2D eigenvalue weighted by atomic mass is 19.4. The third-order valence-corrected chi connectivity index (χ3v) is 2.23. The maximum Gasteiger partial charge on any atom is 0.416 e. The summed E-state index contributed by atoms with van der Waals surface area (Å²) in [5.41, 5.74) is -1.38. The van der Waals surface area contributed by atoms with Gasteiger partial charge in [0.2, 0.25) is 0 Å². The van der Waals surface area contributed by atoms with Crippen molar-refractivity contribution in [2.24, 2.45) is 0 Å². The molecule has 6 heteroatoms. The molecule has 0 heterocycles. The minimum Gasteiger partial charge on any atom is -0.465 e. The molecule has 1 aromatic carbocycles. The number of ether oxygens (including phenoxy) is 1. The zero-order valence-corrected chi connectivity index (χ0v) is 9.49. The SMILES string of the molecule is CCOC(=O)[C@@H](C#N)c1ccccc1C(F)(F)F. The molecule has 0 saturated carbocycles. The van der Waals surface area contributed by atoms with E-state index in [0.717, 1.165) is 12.1 Å². The Hall–Kier alpha value is -2.03. The lowest BCUT2D eigenvalue weighted by molar-refractivity contribution is -0.144. The first-order valence-corrected chi connectivity index (χ1v) is 5.14. The summed E-state index contributed by atoms with van der Waals surface area (Å²) in [5.74, 6) is -2.54. The average Bonchev–Trinajstić information content (AvgIpc) is 2.29. The number of esters is 1. The van der Waals surface area contributed by atoms with Crippen LogP contribution in [-0.4, -0.2) is 12.6 Å². The standard InChI is InChI=1S/C12H10F3NO2/c1-2-18-11(17)9(7-16)8-5-3-4-6-10(8)12(13,14)15/h3-6,9H,2H2,1H3/t9-/m0/s1. The van der Waals surface area contributed by atoms with Crippen molar-refractivity contribution < 1.29 is 22.7 Å². The molecule has 0 fully saturated rings. The van der Waals surface area contributed by atoms with Gasteiger partial charge in [-0.1, -0.05) is 18.2 Å². The smallest absolute Gasteiger partial charge is 0.416 e. The molecule has 96 valence electrons. The van der Waals surface area contributed by atoms with E-state index in [0.29, 0.717) is 0 Å². The second-order valence-corrected chi connectivity index (χ2v) is 3.40. The molecule has 0 aliphatic rings. The summed E-state index contributed by atoms with van der Waals surface area (Å²) < 4.78 is 42.8. The third-order valence-electron chi connectivity index (χ3n) is 2.23. The van der Waals surface area contributed by atoms with Gasteiger partial charge in [-0.2, -0.15) is 18.4 Å². The van der Waals surface area contributed by atoms with Gasteiger partial charge in [-0.15, -0.1) is 0 Å². The first kappa shape index (κ1) is 14.0. The number of hydrogen-bond acceptors (Lipinski definition) is 3. The molecule has 3 nitrogen and oxygen atoms in total. The van der Waals surface area contributed by atoms with E-state index >= 15 is 0 Å². The normalized spacial score (nSPS) is 12.6. The summed E-state index contributed by atoms with van der Waals surface area (Å²) in [5, 5.41) is 8.85. The Morgan fingerprint density at radius 1 is 1.44 bits per heavy atom. The van der Waals surface area contributed by atoms with E-state index in [1.807, 2.05) is 0 Å². The van der Waals surface area contributed by atoms with Crippen LogP contribution in [0, 0.1) is 11.3 Å². The molecule has 1 atom stereocenters. The molecule has 1 aromatic rings. The van der Waals surface area contributed by atoms with Gasteiger partial charge in [0.25, 0.3) is 0 Å². The van der Waals surface area contributed by atoms with Gasteiger partial charge in [0.15, 0.2) is 5.92 Å². The Kier molecular flexibility index (Phi) is 4.32. The molecule has 0 saturated heterocycles. The largest absolute Gasteiger partial charge is 0.465 e. The van der Waals surface area contributed by atoms with Gasteiger partial charge < -0.3 is 4.74 Å². The summed E-state index contributed by atoms with van der Waals surface area (Å²) in [6.45, 7) is 1.52. The quantitative estimate of drug-likeness (QED) is 0.782. The van der Waals surface area contributed by atoms with E-state index in [2.05, 4.69) is 4.74 Å². The zero-order chi connectivity index (χ0) is 13.8. The predicted octanol–water partition coefficient (Wildman–Crippen LogP) is 2.88. The maximum atomic E-state index is 12.7. The number of nitriles is 1. The summed E-state index contributed by atoms with van der Waals surface area (Å²) in [6.07, 6.45) is -4.61. The van der Waals surface area contributed by atoms with E-state index in [1.165, 1.54) is 19.1 Å². The number of halogens is 3. The molecular weight excluding hydrogens is 247 g/mol. The van der Waals surface area contributed by atoms with Crippen molar-refractivity contribution in [3.05, 3.63) is 35.4 Å². The number of hydrogen-bond donors (Lipinski definition) is 0. The zero-order valence-electron chi connectivity index (χ0n) is 9.49. The Labute approximate surface area is 102 Å². The second kappa shape index (κ2) is 5.54. The van der Waals surface area contributed by atoms with Crippen LogP contribution in [0.2, 0.25) is 0 Å². The van der Waals surface area contributed by atoms with Crippen molar-refractivity contribution in [1.82, 2.24) is 0 Å². The molecule has 1 rings (SSSR count). The highest BCUT2D eigenvalue weighted by molar-refractivity contribution is 5.81. The van der Waals surface area contributed by atoms with Gasteiger partial charge in [0.1, 0.15) is 0 Å². The predicted molar refractivity (Wildman–Crippen MR) is 56.4 cm³/mol. The lowest BCUT2D eigenvalue weighted by atomic mass is 9.95. The first-order chi connectivity index (χ1) is 8.41. The van der Waals surface area contributed by atoms with Crippen LogP contribution in [-0.2, 0) is 15.7 Å². The van der Waals surface area contributed by atoms with Crippen molar-refractivity contribution in [2.45, 2.75) is 19.0 Å². The van der Waals surface area contributed by atoms with Gasteiger partial charge in [-0.3, -0.25) is 4.79 Å². The fraction of sp³-hybridized carbons (Fsp3) is 0.333. The second-order valence-electron chi connectivity index (χ2n) is 3.40. The van der Waals surface area contributed by atoms with Crippen molar-refractivity contribution in [3.8, 4) is 6.07 Å². The number of benzene rings is 1. The fourth-order valence-corrected chi connectivity index (χ4v) is 1.48. The Balaban J connectivity index is 3.23. The van der Waals surface area contributed by atoms with Crippen molar-refractivity contribution in [3.63, 3.8) is 0 Å². The fourth-order valence-electron chi connectivity index (χ4n) is 1.48. The number of rotatable bonds is 3. The van der Waals surface area contributed by atoms with Crippen LogP contribution < -0.4 is 0 Å². The van der Waals surface area contributed by atoms with Gasteiger partial charge >= 0.3 is 12.1 Å². The van der Waals surface area contributed by atoms with Gasteiger partial charge in [0.05, 0.1) is 18.2 Å². The van der Waals surface area contributed by atoms with Crippen LogP contribution in [0.5, 0.6) is 0 Å².